The molecule has 1 aliphatic carbocycles. The van der Waals surface area contributed by atoms with Crippen LogP contribution < -0.4 is 5.73 Å². The molecule has 0 aromatic heterocycles. The predicted octanol–water partition coefficient (Wildman–Crippen LogP) is 1.64. The van der Waals surface area contributed by atoms with Gasteiger partial charge in [0, 0.05) is 16.8 Å². The Labute approximate surface area is 94.1 Å². The molecule has 0 unspecified atom stereocenters. The normalized spacial score (nSPS) is 15.3. The molecule has 0 saturated heterocycles. The van der Waals surface area contributed by atoms with Gasteiger partial charge in [-0.3, -0.25) is 0 Å². The zero-order chi connectivity index (χ0) is 10.7. The highest BCUT2D eigenvalue weighted by Crippen LogP contribution is 2.28. The fourth-order valence-electron chi connectivity index (χ4n) is 1.89. The molecule has 2 N–H and O–H groups in total. The maximum atomic E-state index is 5.58. The van der Waals surface area contributed by atoms with Gasteiger partial charge in [0.05, 0.1) is 0 Å². The Hall–Kier alpha value is -1.12. The highest BCUT2D eigenvalue weighted by atomic mass is 28.1. The highest BCUT2D eigenvalue weighted by Gasteiger charge is 2.06. The molecule has 1 aliphatic rings. The van der Waals surface area contributed by atoms with Crippen molar-refractivity contribution in [3.63, 3.8) is 0 Å². The third kappa shape index (κ3) is 2.28. The monoisotopic (exact) mass is 215 g/mol. The van der Waals surface area contributed by atoms with E-state index in [1.807, 2.05) is 0 Å². The summed E-state index contributed by atoms with van der Waals surface area (Å²) in [6.45, 7) is 0.628. The average Bonchev–Trinajstić information content (AvgIpc) is 2.78. The van der Waals surface area contributed by atoms with E-state index in [1.54, 1.807) is 0 Å². The molecule has 2 rings (SSSR count). The second-order valence-corrected chi connectivity index (χ2v) is 4.61. The molecule has 0 spiro atoms. The number of benzene rings is 1. The van der Waals surface area contributed by atoms with E-state index in [0.29, 0.717) is 6.54 Å². The van der Waals surface area contributed by atoms with E-state index < -0.39 is 0 Å². The van der Waals surface area contributed by atoms with E-state index in [-0.39, 0.29) is 0 Å². The molecule has 1 aromatic carbocycles. The maximum absolute atomic E-state index is 5.58. The van der Waals surface area contributed by atoms with E-state index in [1.165, 1.54) is 38.6 Å². The zero-order valence-corrected chi connectivity index (χ0v) is 11.2. The average molecular weight is 215 g/mol. The molecule has 0 fully saturated rings. The lowest BCUT2D eigenvalue weighted by Gasteiger charge is -2.03. The van der Waals surface area contributed by atoms with Crippen molar-refractivity contribution in [2.75, 3.05) is 0 Å². The summed E-state index contributed by atoms with van der Waals surface area (Å²) in [5.74, 6) is 0. The summed E-state index contributed by atoms with van der Waals surface area (Å²) in [4.78, 5) is 0. The molecule has 0 saturated carbocycles. The van der Waals surface area contributed by atoms with Gasteiger partial charge in [0.15, 0.2) is 0 Å². The predicted molar refractivity (Wildman–Crippen MR) is 69.8 cm³/mol. The largest absolute Gasteiger partial charge is 0.326 e. The quantitative estimate of drug-likeness (QED) is 0.762. The van der Waals surface area contributed by atoms with Gasteiger partial charge in [0.2, 0.25) is 0 Å². The molecule has 0 aliphatic heterocycles. The first-order valence-electron chi connectivity index (χ1n) is 5.52. The first-order valence-corrected chi connectivity index (χ1v) is 6.94. The van der Waals surface area contributed by atoms with Crippen molar-refractivity contribution in [2.45, 2.75) is 19.0 Å². The van der Waals surface area contributed by atoms with Crippen LogP contribution in [-0.2, 0) is 6.54 Å². The summed E-state index contributed by atoms with van der Waals surface area (Å²) < 4.78 is 0. The summed E-state index contributed by atoms with van der Waals surface area (Å²) in [6, 6.07) is 9.86. The minimum Gasteiger partial charge on any atom is -0.326 e. The van der Waals surface area contributed by atoms with Crippen LogP contribution in [0.3, 0.4) is 0 Å². The third-order valence-electron chi connectivity index (χ3n) is 2.91. The Morgan fingerprint density at radius 1 is 1.20 bits per heavy atom. The van der Waals surface area contributed by atoms with Crippen LogP contribution in [0.15, 0.2) is 42.0 Å². The lowest BCUT2D eigenvalue weighted by Crippen LogP contribution is -1.95. The van der Waals surface area contributed by atoms with Crippen LogP contribution in [0.4, 0.5) is 0 Å². The van der Waals surface area contributed by atoms with Crippen molar-refractivity contribution in [3.8, 4) is 0 Å². The molecular formula is C13H17NSi. The Kier molecular flexibility index (Phi) is 3.19. The van der Waals surface area contributed by atoms with E-state index >= 15 is 0 Å². The Morgan fingerprint density at radius 2 is 1.93 bits per heavy atom. The molecule has 0 bridgehead atoms. The van der Waals surface area contributed by atoms with Gasteiger partial charge in [-0.1, -0.05) is 42.0 Å². The topological polar surface area (TPSA) is 26.0 Å². The lowest BCUT2D eigenvalue weighted by atomic mass is 10.0. The van der Waals surface area contributed by atoms with E-state index in [2.05, 4.69) is 36.4 Å². The molecule has 0 radical (unpaired) electrons. The second kappa shape index (κ2) is 4.60. The van der Waals surface area contributed by atoms with Crippen LogP contribution in [0.1, 0.15) is 17.5 Å². The zero-order valence-electron chi connectivity index (χ0n) is 9.16. The number of nitrogens with two attached hydrogens (primary N) is 1. The van der Waals surface area contributed by atoms with Crippen molar-refractivity contribution in [2.24, 2.45) is 5.73 Å². The molecule has 2 heteroatoms. The summed E-state index contributed by atoms with van der Waals surface area (Å²) in [6.07, 6.45) is 5.78. The van der Waals surface area contributed by atoms with Crippen molar-refractivity contribution in [1.29, 1.82) is 0 Å². The van der Waals surface area contributed by atoms with E-state index in [4.69, 9.17) is 5.73 Å². The summed E-state index contributed by atoms with van der Waals surface area (Å²) in [5.41, 5.74) is 11.1. The number of rotatable bonds is 3. The first-order chi connectivity index (χ1) is 7.33. The number of hydrogen-bond donors (Lipinski definition) is 1. The van der Waals surface area contributed by atoms with Gasteiger partial charge in [-0.05, 0) is 29.2 Å². The Morgan fingerprint density at radius 3 is 2.47 bits per heavy atom. The molecular weight excluding hydrogens is 198 g/mol. The molecule has 0 atom stereocenters. The van der Waals surface area contributed by atoms with Crippen molar-refractivity contribution >= 4 is 15.8 Å². The van der Waals surface area contributed by atoms with Gasteiger partial charge in [-0.25, -0.2) is 0 Å². The minimum absolute atomic E-state index is 0.628. The van der Waals surface area contributed by atoms with Gasteiger partial charge in [-0.2, -0.15) is 0 Å². The Balaban J connectivity index is 2.18. The number of allylic oxidation sites excluding steroid dienone is 4. The van der Waals surface area contributed by atoms with Crippen LogP contribution in [0.5, 0.6) is 0 Å². The van der Waals surface area contributed by atoms with Gasteiger partial charge >= 0.3 is 0 Å². The van der Waals surface area contributed by atoms with E-state index in [0.717, 1.165) is 6.42 Å². The SMILES string of the molecule is NCc1ccc(C2=CC(C[SiH3])=CC2)cc1. The lowest BCUT2D eigenvalue weighted by molar-refractivity contribution is 1.07. The summed E-state index contributed by atoms with van der Waals surface area (Å²) in [5, 5.41) is 0. The standard InChI is InChI=1S/C13H17NSi/c14-8-10-1-4-12(5-2-10)13-6-3-11(7-13)9-15/h1-5,7H,6,8-9,14H2,15H3. The van der Waals surface area contributed by atoms with Crippen LogP contribution in [-0.4, -0.2) is 10.2 Å². The fraction of sp³-hybridized carbons (Fsp3) is 0.231. The summed E-state index contributed by atoms with van der Waals surface area (Å²) in [7, 11) is 1.25. The van der Waals surface area contributed by atoms with Crippen molar-refractivity contribution in [1.82, 2.24) is 0 Å². The molecule has 0 heterocycles. The third-order valence-corrected chi connectivity index (χ3v) is 3.73. The molecule has 1 aromatic rings. The van der Waals surface area contributed by atoms with Crippen molar-refractivity contribution < 1.29 is 0 Å². The fourth-order valence-corrected chi connectivity index (χ4v) is 2.38. The molecule has 15 heavy (non-hydrogen) atoms. The number of hydrogen-bond acceptors (Lipinski definition) is 1. The Bertz CT molecular complexity index is 401. The van der Waals surface area contributed by atoms with Crippen LogP contribution in [0.25, 0.3) is 5.57 Å². The second-order valence-electron chi connectivity index (χ2n) is 3.91. The first kappa shape index (κ1) is 10.4. The van der Waals surface area contributed by atoms with E-state index in [9.17, 15) is 0 Å². The van der Waals surface area contributed by atoms with Crippen molar-refractivity contribution in [3.05, 3.63) is 53.1 Å². The summed E-state index contributed by atoms with van der Waals surface area (Å²) >= 11 is 0. The maximum Gasteiger partial charge on any atom is 0.0178 e. The molecule has 1 nitrogen and oxygen atoms in total. The minimum atomic E-state index is 0.628. The van der Waals surface area contributed by atoms with Gasteiger partial charge in [0.25, 0.3) is 0 Å². The van der Waals surface area contributed by atoms with Gasteiger partial charge < -0.3 is 5.73 Å². The van der Waals surface area contributed by atoms with Gasteiger partial charge in [0.1, 0.15) is 0 Å². The smallest absolute Gasteiger partial charge is 0.0178 e. The van der Waals surface area contributed by atoms with Crippen LogP contribution in [0.2, 0.25) is 6.04 Å². The van der Waals surface area contributed by atoms with Gasteiger partial charge in [-0.15, -0.1) is 0 Å². The van der Waals surface area contributed by atoms with Crippen LogP contribution in [0, 0.1) is 0 Å². The molecule has 0 amide bonds. The molecule has 78 valence electrons. The van der Waals surface area contributed by atoms with Crippen LogP contribution >= 0.6 is 0 Å². The highest BCUT2D eigenvalue weighted by molar-refractivity contribution is 6.10.